The fourth-order valence-corrected chi connectivity index (χ4v) is 3.13. The Morgan fingerprint density at radius 2 is 2.04 bits per heavy atom. The maximum Gasteiger partial charge on any atom is 0.269 e. The minimum absolute atomic E-state index is 0.0300. The highest BCUT2D eigenvalue weighted by Gasteiger charge is 2.15. The number of nitro benzene ring substituents is 1. The fourth-order valence-electron chi connectivity index (χ4n) is 2.22. The molecular weight excluding hydrogens is 320 g/mol. The number of rotatable bonds is 4. The predicted molar refractivity (Wildman–Crippen MR) is 85.2 cm³/mol. The molecule has 1 aromatic carbocycles. The summed E-state index contributed by atoms with van der Waals surface area (Å²) in [6.07, 6.45) is 1.28. The molecule has 0 unspecified atom stereocenters. The molecule has 0 saturated heterocycles. The molecule has 0 saturated carbocycles. The molecule has 0 atom stereocenters. The third kappa shape index (κ3) is 2.69. The molecule has 0 aliphatic carbocycles. The molecule has 0 fully saturated rings. The summed E-state index contributed by atoms with van der Waals surface area (Å²) in [7, 11) is 0. The Bertz CT molecular complexity index is 975. The number of benzene rings is 1. The van der Waals surface area contributed by atoms with Crippen molar-refractivity contribution < 1.29 is 9.72 Å². The van der Waals surface area contributed by atoms with Crippen LogP contribution in [0.3, 0.4) is 0 Å². The number of carbonyl (C=O) groups excluding carboxylic acids is 1. The third-order valence-corrected chi connectivity index (χ3v) is 4.16. The van der Waals surface area contributed by atoms with E-state index in [1.165, 1.54) is 29.8 Å². The highest BCUT2D eigenvalue weighted by Crippen LogP contribution is 2.31. The number of carbonyl (C=O) groups is 1. The Morgan fingerprint density at radius 3 is 2.65 bits per heavy atom. The van der Waals surface area contributed by atoms with Crippen molar-refractivity contribution in [3.05, 3.63) is 56.4 Å². The van der Waals surface area contributed by atoms with Crippen molar-refractivity contribution in [2.45, 2.75) is 6.54 Å². The number of hydrogen-bond acceptors (Lipinski definition) is 6. The zero-order valence-corrected chi connectivity index (χ0v) is 12.4. The zero-order chi connectivity index (χ0) is 16.6. The summed E-state index contributed by atoms with van der Waals surface area (Å²) >= 11 is 1.29. The second-order valence-electron chi connectivity index (χ2n) is 4.78. The van der Waals surface area contributed by atoms with Gasteiger partial charge < -0.3 is 5.73 Å². The van der Waals surface area contributed by atoms with E-state index in [0.29, 0.717) is 21.3 Å². The summed E-state index contributed by atoms with van der Waals surface area (Å²) in [6, 6.07) is 5.89. The highest BCUT2D eigenvalue weighted by molar-refractivity contribution is 7.17. The summed E-state index contributed by atoms with van der Waals surface area (Å²) < 4.78 is 1.15. The fraction of sp³-hybridized carbons (Fsp3) is 0.0714. The van der Waals surface area contributed by atoms with Crippen LogP contribution in [0.2, 0.25) is 0 Å². The molecule has 0 radical (unpaired) electrons. The van der Waals surface area contributed by atoms with Crippen LogP contribution in [0, 0.1) is 10.1 Å². The number of nitrogens with zero attached hydrogens (tertiary/aromatic N) is 3. The van der Waals surface area contributed by atoms with Gasteiger partial charge in [0.1, 0.15) is 11.4 Å². The van der Waals surface area contributed by atoms with Crippen molar-refractivity contribution in [1.82, 2.24) is 9.55 Å². The summed E-state index contributed by atoms with van der Waals surface area (Å²) in [5.41, 5.74) is 6.00. The Balaban J connectivity index is 2.16. The molecule has 2 aromatic heterocycles. The van der Waals surface area contributed by atoms with Crippen molar-refractivity contribution >= 4 is 33.1 Å². The van der Waals surface area contributed by atoms with E-state index in [9.17, 15) is 19.7 Å². The van der Waals surface area contributed by atoms with Crippen molar-refractivity contribution in [3.63, 3.8) is 0 Å². The van der Waals surface area contributed by atoms with Crippen molar-refractivity contribution in [2.75, 3.05) is 0 Å². The largest absolute Gasteiger partial charge is 0.368 e. The molecule has 116 valence electrons. The molecule has 23 heavy (non-hydrogen) atoms. The Morgan fingerprint density at radius 1 is 1.35 bits per heavy atom. The minimum atomic E-state index is -0.639. The van der Waals surface area contributed by atoms with E-state index >= 15 is 0 Å². The number of aromatic nitrogens is 2. The lowest BCUT2D eigenvalue weighted by Crippen LogP contribution is -2.28. The number of nitrogens with two attached hydrogens (primary N) is 1. The van der Waals surface area contributed by atoms with Crippen molar-refractivity contribution in [2.24, 2.45) is 5.73 Å². The van der Waals surface area contributed by atoms with Crippen LogP contribution in [0.25, 0.3) is 21.3 Å². The van der Waals surface area contributed by atoms with Gasteiger partial charge in [0.2, 0.25) is 5.91 Å². The van der Waals surface area contributed by atoms with Gasteiger partial charge in [-0.15, -0.1) is 11.3 Å². The lowest BCUT2D eigenvalue weighted by molar-refractivity contribution is -0.384. The van der Waals surface area contributed by atoms with E-state index in [4.69, 9.17) is 5.73 Å². The molecule has 8 nitrogen and oxygen atoms in total. The monoisotopic (exact) mass is 330 g/mol. The van der Waals surface area contributed by atoms with Crippen LogP contribution >= 0.6 is 11.3 Å². The molecule has 2 heterocycles. The van der Waals surface area contributed by atoms with Crippen LogP contribution in [0.15, 0.2) is 40.8 Å². The van der Waals surface area contributed by atoms with Gasteiger partial charge >= 0.3 is 0 Å². The lowest BCUT2D eigenvalue weighted by Gasteiger charge is -2.03. The third-order valence-electron chi connectivity index (χ3n) is 3.28. The molecule has 0 aliphatic heterocycles. The zero-order valence-electron chi connectivity index (χ0n) is 11.6. The van der Waals surface area contributed by atoms with Gasteiger partial charge in [-0.1, -0.05) is 0 Å². The van der Waals surface area contributed by atoms with Crippen LogP contribution < -0.4 is 11.3 Å². The first-order chi connectivity index (χ1) is 11.0. The molecule has 9 heteroatoms. The quantitative estimate of drug-likeness (QED) is 0.574. The molecule has 3 rings (SSSR count). The number of non-ortho nitro benzene ring substituents is 1. The number of thiophene rings is 1. The summed E-state index contributed by atoms with van der Waals surface area (Å²) in [5.74, 6) is -0.639. The second-order valence-corrected chi connectivity index (χ2v) is 5.64. The maximum absolute atomic E-state index is 12.5. The standard InChI is InChI=1S/C14H10N4O4S/c15-11(19)5-17-7-16-13-12(14(17)20)10(6-23-13)8-1-3-9(4-2-8)18(21)22/h1-4,6-7H,5H2,(H2,15,19). The Hall–Kier alpha value is -3.07. The topological polar surface area (TPSA) is 121 Å². The average Bonchev–Trinajstić information content (AvgIpc) is 2.94. The lowest BCUT2D eigenvalue weighted by atomic mass is 10.1. The van der Waals surface area contributed by atoms with Gasteiger partial charge in [0.25, 0.3) is 11.2 Å². The highest BCUT2D eigenvalue weighted by atomic mass is 32.1. The summed E-state index contributed by atoms with van der Waals surface area (Å²) in [5, 5.41) is 12.8. The van der Waals surface area contributed by atoms with E-state index in [-0.39, 0.29) is 17.8 Å². The predicted octanol–water partition coefficient (Wildman–Crippen LogP) is 1.52. The van der Waals surface area contributed by atoms with Gasteiger partial charge in [0.15, 0.2) is 0 Å². The molecular formula is C14H10N4O4S. The molecule has 0 bridgehead atoms. The van der Waals surface area contributed by atoms with Crippen LogP contribution in [-0.2, 0) is 11.3 Å². The van der Waals surface area contributed by atoms with E-state index < -0.39 is 10.8 Å². The van der Waals surface area contributed by atoms with Crippen LogP contribution in [-0.4, -0.2) is 20.4 Å². The van der Waals surface area contributed by atoms with E-state index in [1.807, 2.05) is 0 Å². The number of hydrogen-bond donors (Lipinski definition) is 1. The van der Waals surface area contributed by atoms with E-state index in [2.05, 4.69) is 4.98 Å². The Labute approximate surface area is 133 Å². The molecule has 0 aliphatic rings. The second kappa shape index (κ2) is 5.61. The van der Waals surface area contributed by atoms with Crippen molar-refractivity contribution in [3.8, 4) is 11.1 Å². The maximum atomic E-state index is 12.5. The number of primary amides is 1. The first kappa shape index (κ1) is 14.9. The Kier molecular flexibility index (Phi) is 3.62. The number of nitro groups is 1. The van der Waals surface area contributed by atoms with Gasteiger partial charge in [-0.25, -0.2) is 4.98 Å². The van der Waals surface area contributed by atoms with Crippen LogP contribution in [0.4, 0.5) is 5.69 Å². The summed E-state index contributed by atoms with van der Waals surface area (Å²) in [4.78, 5) is 38.4. The van der Waals surface area contributed by atoms with E-state index in [0.717, 1.165) is 4.57 Å². The smallest absolute Gasteiger partial charge is 0.269 e. The van der Waals surface area contributed by atoms with Gasteiger partial charge in [-0.05, 0) is 17.7 Å². The SMILES string of the molecule is NC(=O)Cn1cnc2scc(-c3ccc([N+](=O)[O-])cc3)c2c1=O. The van der Waals surface area contributed by atoms with E-state index in [1.54, 1.807) is 17.5 Å². The van der Waals surface area contributed by atoms with Gasteiger partial charge in [0, 0.05) is 23.1 Å². The number of fused-ring (bicyclic) bond motifs is 1. The molecule has 1 amide bonds. The average molecular weight is 330 g/mol. The normalized spacial score (nSPS) is 10.8. The van der Waals surface area contributed by atoms with Gasteiger partial charge in [-0.3, -0.25) is 24.3 Å². The summed E-state index contributed by atoms with van der Waals surface area (Å²) in [6.45, 7) is -0.253. The number of amides is 1. The molecule has 0 spiro atoms. The van der Waals surface area contributed by atoms with Crippen LogP contribution in [0.1, 0.15) is 0 Å². The van der Waals surface area contributed by atoms with Gasteiger partial charge in [0.05, 0.1) is 16.6 Å². The van der Waals surface area contributed by atoms with Gasteiger partial charge in [-0.2, -0.15) is 0 Å². The molecule has 2 N–H and O–H groups in total. The minimum Gasteiger partial charge on any atom is -0.368 e. The van der Waals surface area contributed by atoms with Crippen molar-refractivity contribution in [1.29, 1.82) is 0 Å². The first-order valence-corrected chi connectivity index (χ1v) is 7.35. The van der Waals surface area contributed by atoms with Crippen LogP contribution in [0.5, 0.6) is 0 Å². The molecule has 3 aromatic rings. The first-order valence-electron chi connectivity index (χ1n) is 6.47.